The van der Waals surface area contributed by atoms with Crippen molar-refractivity contribution in [2.24, 2.45) is 0 Å². The van der Waals surface area contributed by atoms with Gasteiger partial charge in [0.15, 0.2) is 5.82 Å². The SMILES string of the molecule is c1ccc2nc(-c3ncc4nccc-4[nH]3)ccc2c1. The van der Waals surface area contributed by atoms with Crippen LogP contribution in [0.3, 0.4) is 0 Å². The molecule has 1 aromatic carbocycles. The number of H-pyrrole nitrogens is 1. The number of benzene rings is 1. The van der Waals surface area contributed by atoms with E-state index in [1.165, 1.54) is 0 Å². The van der Waals surface area contributed by atoms with Crippen LogP contribution in [-0.4, -0.2) is 19.9 Å². The molecule has 0 atom stereocenters. The fourth-order valence-corrected chi connectivity index (χ4v) is 2.17. The van der Waals surface area contributed by atoms with E-state index in [-0.39, 0.29) is 0 Å². The number of nitrogens with zero attached hydrogens (tertiary/aromatic N) is 3. The van der Waals surface area contributed by atoms with E-state index >= 15 is 0 Å². The number of para-hydroxylation sites is 1. The summed E-state index contributed by atoms with van der Waals surface area (Å²) in [5.74, 6) is 0.756. The van der Waals surface area contributed by atoms with Gasteiger partial charge in [0.05, 0.1) is 17.4 Å². The zero-order chi connectivity index (χ0) is 12.7. The first-order valence-electron chi connectivity index (χ1n) is 6.06. The summed E-state index contributed by atoms with van der Waals surface area (Å²) in [6.07, 6.45) is 3.53. The molecule has 0 unspecified atom stereocenters. The minimum absolute atomic E-state index is 0.756. The molecule has 3 heterocycles. The van der Waals surface area contributed by atoms with E-state index < -0.39 is 0 Å². The summed E-state index contributed by atoms with van der Waals surface area (Å²) in [7, 11) is 0. The van der Waals surface area contributed by atoms with Gasteiger partial charge in [0.2, 0.25) is 0 Å². The Morgan fingerprint density at radius 3 is 2.79 bits per heavy atom. The van der Waals surface area contributed by atoms with Crippen LogP contribution in [0.1, 0.15) is 0 Å². The molecule has 0 aliphatic carbocycles. The molecule has 4 nitrogen and oxygen atoms in total. The number of rotatable bonds is 1. The van der Waals surface area contributed by atoms with E-state index in [2.05, 4.69) is 26.0 Å². The Morgan fingerprint density at radius 2 is 1.79 bits per heavy atom. The minimum atomic E-state index is 0.756. The maximum Gasteiger partial charge on any atom is 0.156 e. The molecule has 0 saturated carbocycles. The molecule has 2 aromatic rings. The third-order valence-corrected chi connectivity index (χ3v) is 3.14. The zero-order valence-electron chi connectivity index (χ0n) is 10.0. The Bertz CT molecular complexity index is 834. The lowest BCUT2D eigenvalue weighted by Gasteiger charge is -2.05. The van der Waals surface area contributed by atoms with Crippen molar-refractivity contribution in [2.75, 3.05) is 0 Å². The first-order valence-corrected chi connectivity index (χ1v) is 6.06. The average molecular weight is 246 g/mol. The maximum atomic E-state index is 4.62. The number of hydrogen-bond acceptors (Lipinski definition) is 3. The van der Waals surface area contributed by atoms with Crippen molar-refractivity contribution in [3.05, 3.63) is 54.9 Å². The monoisotopic (exact) mass is 246 g/mol. The van der Waals surface area contributed by atoms with Crippen LogP contribution in [0.25, 0.3) is 33.8 Å². The summed E-state index contributed by atoms with van der Waals surface area (Å²) < 4.78 is 0. The van der Waals surface area contributed by atoms with Crippen molar-refractivity contribution in [2.45, 2.75) is 0 Å². The molecule has 0 fully saturated rings. The molecule has 4 rings (SSSR count). The summed E-state index contributed by atoms with van der Waals surface area (Å²) in [5.41, 5.74) is 3.64. The van der Waals surface area contributed by atoms with Gasteiger partial charge in [0.25, 0.3) is 0 Å². The summed E-state index contributed by atoms with van der Waals surface area (Å²) in [6.45, 7) is 0. The molecule has 1 N–H and O–H groups in total. The Kier molecular flexibility index (Phi) is 2.08. The van der Waals surface area contributed by atoms with Crippen LogP contribution in [0.5, 0.6) is 0 Å². The van der Waals surface area contributed by atoms with Crippen molar-refractivity contribution in [3.8, 4) is 22.9 Å². The predicted octanol–water partition coefficient (Wildman–Crippen LogP) is 3.12. The number of hydrogen-bond donors (Lipinski definition) is 1. The summed E-state index contributed by atoms with van der Waals surface area (Å²) >= 11 is 0. The van der Waals surface area contributed by atoms with Crippen LogP contribution >= 0.6 is 0 Å². The third-order valence-electron chi connectivity index (χ3n) is 3.14. The van der Waals surface area contributed by atoms with Gasteiger partial charge in [-0.1, -0.05) is 24.3 Å². The van der Waals surface area contributed by atoms with Gasteiger partial charge in [-0.2, -0.15) is 0 Å². The van der Waals surface area contributed by atoms with Crippen molar-refractivity contribution in [1.82, 2.24) is 19.9 Å². The topological polar surface area (TPSA) is 54.5 Å². The highest BCUT2D eigenvalue weighted by Gasteiger charge is 2.08. The summed E-state index contributed by atoms with van der Waals surface area (Å²) in [4.78, 5) is 16.4. The first kappa shape index (κ1) is 10.2. The van der Waals surface area contributed by atoms with E-state index in [4.69, 9.17) is 0 Å². The van der Waals surface area contributed by atoms with E-state index in [9.17, 15) is 0 Å². The summed E-state index contributed by atoms with van der Waals surface area (Å²) in [5, 5.41) is 1.13. The zero-order valence-corrected chi connectivity index (χ0v) is 10.0. The minimum Gasteiger partial charge on any atom is -0.337 e. The average Bonchev–Trinajstić information content (AvgIpc) is 2.94. The van der Waals surface area contributed by atoms with Gasteiger partial charge in [0, 0.05) is 11.6 Å². The second kappa shape index (κ2) is 3.88. The van der Waals surface area contributed by atoms with Gasteiger partial charge in [-0.25, -0.2) is 9.97 Å². The van der Waals surface area contributed by atoms with E-state index in [0.717, 1.165) is 33.8 Å². The second-order valence-electron chi connectivity index (χ2n) is 4.36. The number of aromatic amines is 1. The molecule has 2 aliphatic rings. The smallest absolute Gasteiger partial charge is 0.156 e. The molecule has 19 heavy (non-hydrogen) atoms. The number of aromatic nitrogens is 4. The van der Waals surface area contributed by atoms with Crippen molar-refractivity contribution in [1.29, 1.82) is 0 Å². The lowest BCUT2D eigenvalue weighted by Crippen LogP contribution is -1.94. The van der Waals surface area contributed by atoms with Crippen molar-refractivity contribution < 1.29 is 0 Å². The highest BCUT2D eigenvalue weighted by atomic mass is 14.9. The fourth-order valence-electron chi connectivity index (χ4n) is 2.17. The molecule has 90 valence electrons. The molecule has 1 aromatic heterocycles. The van der Waals surface area contributed by atoms with Crippen LogP contribution in [0.4, 0.5) is 0 Å². The number of nitrogens with one attached hydrogen (secondary N) is 1. The van der Waals surface area contributed by atoms with Gasteiger partial charge in [-0.15, -0.1) is 0 Å². The number of pyridine rings is 1. The fraction of sp³-hybridized carbons (Fsp3) is 0. The highest BCUT2D eigenvalue weighted by Crippen LogP contribution is 2.22. The largest absolute Gasteiger partial charge is 0.337 e. The van der Waals surface area contributed by atoms with Crippen LogP contribution in [0.15, 0.2) is 54.9 Å². The van der Waals surface area contributed by atoms with E-state index in [1.807, 2.05) is 36.4 Å². The Labute approximate surface area is 109 Å². The van der Waals surface area contributed by atoms with Crippen molar-refractivity contribution in [3.63, 3.8) is 0 Å². The Morgan fingerprint density at radius 1 is 0.842 bits per heavy atom. The lowest BCUT2D eigenvalue weighted by atomic mass is 10.2. The van der Waals surface area contributed by atoms with Gasteiger partial charge < -0.3 is 4.98 Å². The molecule has 0 bridgehead atoms. The second-order valence-corrected chi connectivity index (χ2v) is 4.36. The maximum absolute atomic E-state index is 4.62. The van der Waals surface area contributed by atoms with Crippen LogP contribution in [-0.2, 0) is 0 Å². The predicted molar refractivity (Wildman–Crippen MR) is 73.7 cm³/mol. The third kappa shape index (κ3) is 1.65. The Hall–Kier alpha value is -2.75. The van der Waals surface area contributed by atoms with Gasteiger partial charge in [-0.05, 0) is 18.2 Å². The first-order chi connectivity index (χ1) is 9.40. The molecule has 0 saturated heterocycles. The highest BCUT2D eigenvalue weighted by molar-refractivity contribution is 5.80. The Balaban J connectivity index is 1.91. The van der Waals surface area contributed by atoms with E-state index in [1.54, 1.807) is 12.4 Å². The molecule has 0 amide bonds. The van der Waals surface area contributed by atoms with Crippen LogP contribution in [0.2, 0.25) is 0 Å². The van der Waals surface area contributed by atoms with Crippen LogP contribution < -0.4 is 0 Å². The summed E-state index contributed by atoms with van der Waals surface area (Å²) in [6, 6.07) is 14.0. The van der Waals surface area contributed by atoms with Gasteiger partial charge in [0.1, 0.15) is 11.4 Å². The van der Waals surface area contributed by atoms with E-state index in [0.29, 0.717) is 0 Å². The standard InChI is InChI=1S/C15H10N4/c1-2-4-11-10(3-1)5-6-13(18-11)15-17-9-14-12(19-15)7-8-16-14/h1-9H,(H,17,19). The molecular weight excluding hydrogens is 236 g/mol. The molecular formula is C15H10N4. The normalized spacial score (nSPS) is 11.2. The molecule has 0 radical (unpaired) electrons. The number of fused-ring (bicyclic) bond motifs is 2. The van der Waals surface area contributed by atoms with Crippen molar-refractivity contribution >= 4 is 10.9 Å². The lowest BCUT2D eigenvalue weighted by molar-refractivity contribution is 1.14. The van der Waals surface area contributed by atoms with Gasteiger partial charge in [-0.3, -0.25) is 4.98 Å². The quantitative estimate of drug-likeness (QED) is 0.561. The molecule has 4 heteroatoms. The molecule has 2 aliphatic heterocycles. The van der Waals surface area contributed by atoms with Gasteiger partial charge >= 0.3 is 0 Å². The molecule has 0 spiro atoms. The van der Waals surface area contributed by atoms with Crippen LogP contribution in [0, 0.1) is 0 Å².